The SMILES string of the molecule is CN(Cc1cc(Cl)cc(Cl)c1O)C(CN)C1CC1. The van der Waals surface area contributed by atoms with E-state index in [2.05, 4.69) is 4.90 Å². The number of aromatic hydroxyl groups is 1. The smallest absolute Gasteiger partial charge is 0.138 e. The van der Waals surface area contributed by atoms with E-state index >= 15 is 0 Å². The number of hydrogen-bond donors (Lipinski definition) is 2. The molecule has 3 nitrogen and oxygen atoms in total. The van der Waals surface area contributed by atoms with Gasteiger partial charge in [0.2, 0.25) is 0 Å². The second-order valence-corrected chi connectivity index (χ2v) is 5.79. The molecule has 0 radical (unpaired) electrons. The first-order valence-electron chi connectivity index (χ1n) is 6.10. The summed E-state index contributed by atoms with van der Waals surface area (Å²) in [5.41, 5.74) is 6.55. The molecule has 0 bridgehead atoms. The summed E-state index contributed by atoms with van der Waals surface area (Å²) in [6.45, 7) is 1.24. The number of nitrogens with two attached hydrogens (primary N) is 1. The third-order valence-electron chi connectivity index (χ3n) is 3.50. The Labute approximate surface area is 117 Å². The lowest BCUT2D eigenvalue weighted by atomic mass is 10.1. The maximum Gasteiger partial charge on any atom is 0.138 e. The fraction of sp³-hybridized carbons (Fsp3) is 0.538. The van der Waals surface area contributed by atoms with Crippen molar-refractivity contribution in [3.05, 3.63) is 27.7 Å². The van der Waals surface area contributed by atoms with Gasteiger partial charge >= 0.3 is 0 Å². The van der Waals surface area contributed by atoms with Crippen LogP contribution < -0.4 is 5.73 Å². The molecule has 0 aliphatic heterocycles. The molecule has 1 aliphatic carbocycles. The van der Waals surface area contributed by atoms with E-state index in [0.717, 1.165) is 5.56 Å². The summed E-state index contributed by atoms with van der Waals surface area (Å²) in [6.07, 6.45) is 2.49. The van der Waals surface area contributed by atoms with E-state index in [9.17, 15) is 5.11 Å². The van der Waals surface area contributed by atoms with Gasteiger partial charge in [-0.1, -0.05) is 23.2 Å². The summed E-state index contributed by atoms with van der Waals surface area (Å²) < 4.78 is 0. The summed E-state index contributed by atoms with van der Waals surface area (Å²) >= 11 is 11.9. The van der Waals surface area contributed by atoms with Gasteiger partial charge in [0.25, 0.3) is 0 Å². The van der Waals surface area contributed by atoms with Crippen molar-refractivity contribution in [2.45, 2.75) is 25.4 Å². The second kappa shape index (κ2) is 5.66. The Morgan fingerprint density at radius 3 is 2.67 bits per heavy atom. The Bertz CT molecular complexity index is 435. The van der Waals surface area contributed by atoms with Crippen molar-refractivity contribution in [1.82, 2.24) is 4.90 Å². The molecule has 1 unspecified atom stereocenters. The van der Waals surface area contributed by atoms with E-state index in [-0.39, 0.29) is 5.75 Å². The van der Waals surface area contributed by atoms with Crippen LogP contribution in [0.2, 0.25) is 10.0 Å². The van der Waals surface area contributed by atoms with Crippen LogP contribution in [-0.2, 0) is 6.54 Å². The first-order valence-corrected chi connectivity index (χ1v) is 6.85. The van der Waals surface area contributed by atoms with Crippen LogP contribution in [0.3, 0.4) is 0 Å². The largest absolute Gasteiger partial charge is 0.506 e. The number of phenols is 1. The standard InChI is InChI=1S/C13H18Cl2N2O/c1-17(12(6-16)8-2-3-8)7-9-4-10(14)5-11(15)13(9)18/h4-5,8,12,18H,2-3,6-7,16H2,1H3. The zero-order valence-electron chi connectivity index (χ0n) is 10.4. The van der Waals surface area contributed by atoms with Crippen molar-refractivity contribution >= 4 is 23.2 Å². The van der Waals surface area contributed by atoms with Gasteiger partial charge in [-0.2, -0.15) is 0 Å². The van der Waals surface area contributed by atoms with Crippen molar-refractivity contribution in [2.24, 2.45) is 11.7 Å². The van der Waals surface area contributed by atoms with E-state index in [1.54, 1.807) is 12.1 Å². The Morgan fingerprint density at radius 1 is 1.44 bits per heavy atom. The number of phenolic OH excluding ortho intramolecular Hbond substituents is 1. The monoisotopic (exact) mass is 288 g/mol. The molecule has 1 aliphatic rings. The third-order valence-corrected chi connectivity index (χ3v) is 4.01. The Hall–Kier alpha value is -0.480. The van der Waals surface area contributed by atoms with Gasteiger partial charge < -0.3 is 10.8 Å². The minimum Gasteiger partial charge on any atom is -0.506 e. The number of likely N-dealkylation sites (N-methyl/N-ethyl adjacent to an activating group) is 1. The zero-order chi connectivity index (χ0) is 13.3. The molecule has 1 aromatic rings. The van der Waals surface area contributed by atoms with Crippen LogP contribution in [0.1, 0.15) is 18.4 Å². The van der Waals surface area contributed by atoms with Crippen LogP contribution in [0.15, 0.2) is 12.1 Å². The fourth-order valence-electron chi connectivity index (χ4n) is 2.34. The summed E-state index contributed by atoms with van der Waals surface area (Å²) in [5.74, 6) is 0.802. The molecular weight excluding hydrogens is 271 g/mol. The van der Waals surface area contributed by atoms with Gasteiger partial charge in [-0.25, -0.2) is 0 Å². The minimum atomic E-state index is 0.111. The van der Waals surface area contributed by atoms with Gasteiger partial charge in [-0.15, -0.1) is 0 Å². The van der Waals surface area contributed by atoms with Crippen LogP contribution in [0, 0.1) is 5.92 Å². The average Bonchev–Trinajstić information content (AvgIpc) is 3.10. The molecule has 1 aromatic carbocycles. The van der Waals surface area contributed by atoms with Gasteiger partial charge in [0, 0.05) is 29.7 Å². The highest BCUT2D eigenvalue weighted by molar-refractivity contribution is 6.35. The van der Waals surface area contributed by atoms with Crippen molar-refractivity contribution in [2.75, 3.05) is 13.6 Å². The van der Waals surface area contributed by atoms with Crippen LogP contribution >= 0.6 is 23.2 Å². The van der Waals surface area contributed by atoms with Gasteiger partial charge in [0.05, 0.1) is 5.02 Å². The lowest BCUT2D eigenvalue weighted by molar-refractivity contribution is 0.213. The highest BCUT2D eigenvalue weighted by atomic mass is 35.5. The number of halogens is 2. The molecule has 1 atom stereocenters. The van der Waals surface area contributed by atoms with E-state index in [1.807, 2.05) is 7.05 Å². The number of rotatable bonds is 5. The fourth-order valence-corrected chi connectivity index (χ4v) is 2.87. The molecule has 0 amide bonds. The lowest BCUT2D eigenvalue weighted by Gasteiger charge is -2.27. The first kappa shape index (κ1) is 13.9. The lowest BCUT2D eigenvalue weighted by Crippen LogP contribution is -2.39. The third kappa shape index (κ3) is 3.09. The predicted molar refractivity (Wildman–Crippen MR) is 75.2 cm³/mol. The molecule has 18 heavy (non-hydrogen) atoms. The molecule has 2 rings (SSSR count). The summed E-state index contributed by atoms with van der Waals surface area (Å²) in [7, 11) is 2.02. The van der Waals surface area contributed by atoms with Gasteiger partial charge in [-0.05, 0) is 37.9 Å². The first-order chi connectivity index (χ1) is 8.52. The minimum absolute atomic E-state index is 0.111. The maximum absolute atomic E-state index is 9.93. The highest BCUT2D eigenvalue weighted by Crippen LogP contribution is 2.36. The molecular formula is C13H18Cl2N2O. The topological polar surface area (TPSA) is 49.5 Å². The van der Waals surface area contributed by atoms with E-state index < -0.39 is 0 Å². The van der Waals surface area contributed by atoms with Crippen molar-refractivity contribution in [3.8, 4) is 5.75 Å². The molecule has 100 valence electrons. The highest BCUT2D eigenvalue weighted by Gasteiger charge is 2.33. The van der Waals surface area contributed by atoms with Crippen LogP contribution in [-0.4, -0.2) is 29.6 Å². The average molecular weight is 289 g/mol. The van der Waals surface area contributed by atoms with E-state index in [1.165, 1.54) is 12.8 Å². The zero-order valence-corrected chi connectivity index (χ0v) is 11.9. The Morgan fingerprint density at radius 2 is 2.11 bits per heavy atom. The molecule has 1 fully saturated rings. The molecule has 1 saturated carbocycles. The molecule has 5 heteroatoms. The van der Waals surface area contributed by atoms with Gasteiger partial charge in [0.1, 0.15) is 5.75 Å². The van der Waals surface area contributed by atoms with Gasteiger partial charge in [0.15, 0.2) is 0 Å². The summed E-state index contributed by atoms with van der Waals surface area (Å²) in [6, 6.07) is 3.66. The van der Waals surface area contributed by atoms with Gasteiger partial charge in [-0.3, -0.25) is 4.90 Å². The molecule has 0 spiro atoms. The molecule has 0 heterocycles. The van der Waals surface area contributed by atoms with Crippen LogP contribution in [0.25, 0.3) is 0 Å². The van der Waals surface area contributed by atoms with E-state index in [4.69, 9.17) is 28.9 Å². The molecule has 3 N–H and O–H groups in total. The number of hydrogen-bond acceptors (Lipinski definition) is 3. The van der Waals surface area contributed by atoms with Crippen LogP contribution in [0.5, 0.6) is 5.75 Å². The molecule has 0 aromatic heterocycles. The number of benzene rings is 1. The predicted octanol–water partition coefficient (Wildman–Crippen LogP) is 2.87. The second-order valence-electron chi connectivity index (χ2n) is 4.95. The molecule has 0 saturated heterocycles. The summed E-state index contributed by atoms with van der Waals surface area (Å²) in [4.78, 5) is 2.17. The Kier molecular flexibility index (Phi) is 4.38. The van der Waals surface area contributed by atoms with Crippen molar-refractivity contribution in [1.29, 1.82) is 0 Å². The van der Waals surface area contributed by atoms with Crippen molar-refractivity contribution < 1.29 is 5.11 Å². The quantitative estimate of drug-likeness (QED) is 0.876. The van der Waals surface area contributed by atoms with Crippen molar-refractivity contribution in [3.63, 3.8) is 0 Å². The van der Waals surface area contributed by atoms with E-state index in [0.29, 0.717) is 35.1 Å². The summed E-state index contributed by atoms with van der Waals surface area (Å²) in [5, 5.41) is 10.8. The van der Waals surface area contributed by atoms with Crippen LogP contribution in [0.4, 0.5) is 0 Å². The maximum atomic E-state index is 9.93. The Balaban J connectivity index is 2.12. The normalized spacial score (nSPS) is 17.2. The number of nitrogens with zero attached hydrogens (tertiary/aromatic N) is 1.